The summed E-state index contributed by atoms with van der Waals surface area (Å²) >= 11 is 0. The summed E-state index contributed by atoms with van der Waals surface area (Å²) in [5, 5.41) is 8.60. The monoisotopic (exact) mass is 376 g/mol. The average Bonchev–Trinajstić information content (AvgIpc) is 3.31. The number of aromatic nitrogens is 2. The van der Waals surface area contributed by atoms with Gasteiger partial charge < -0.3 is 10.1 Å². The van der Waals surface area contributed by atoms with Gasteiger partial charge in [0.25, 0.3) is 0 Å². The molecule has 2 fully saturated rings. The molecule has 6 heteroatoms. The van der Waals surface area contributed by atoms with E-state index in [4.69, 9.17) is 4.74 Å². The van der Waals surface area contributed by atoms with Crippen LogP contribution in [0.25, 0.3) is 10.9 Å². The first-order valence-corrected chi connectivity index (χ1v) is 9.87. The molecule has 3 atom stereocenters. The zero-order valence-electron chi connectivity index (χ0n) is 15.7. The Morgan fingerprint density at radius 1 is 1.11 bits per heavy atom. The molecule has 0 unspecified atom stereocenters. The highest BCUT2D eigenvalue weighted by molar-refractivity contribution is 5.82. The van der Waals surface area contributed by atoms with E-state index in [0.29, 0.717) is 6.04 Å². The van der Waals surface area contributed by atoms with Crippen LogP contribution in [0.3, 0.4) is 0 Å². The van der Waals surface area contributed by atoms with Crippen molar-refractivity contribution in [1.82, 2.24) is 20.0 Å². The molecule has 2 aliphatic rings. The minimum atomic E-state index is 0.0132. The van der Waals surface area contributed by atoms with Crippen LogP contribution in [-0.2, 0) is 16.1 Å². The van der Waals surface area contributed by atoms with Gasteiger partial charge in [0.2, 0.25) is 5.91 Å². The Hall–Kier alpha value is -2.70. The molecule has 1 aromatic heterocycles. The van der Waals surface area contributed by atoms with Gasteiger partial charge in [0.15, 0.2) is 0 Å². The van der Waals surface area contributed by atoms with Gasteiger partial charge in [-0.3, -0.25) is 14.4 Å². The summed E-state index contributed by atoms with van der Waals surface area (Å²) in [6.07, 6.45) is 2.86. The topological polar surface area (TPSA) is 59.4 Å². The number of nitrogens with one attached hydrogen (secondary N) is 1. The molecule has 0 bridgehead atoms. The van der Waals surface area contributed by atoms with Crippen molar-refractivity contribution in [3.8, 4) is 0 Å². The van der Waals surface area contributed by atoms with Crippen LogP contribution in [0.2, 0.25) is 0 Å². The number of fused-ring (bicyclic) bond motifs is 2. The van der Waals surface area contributed by atoms with Gasteiger partial charge in [0.05, 0.1) is 24.4 Å². The maximum absolute atomic E-state index is 12.6. The predicted octanol–water partition coefficient (Wildman–Crippen LogP) is 2.37. The van der Waals surface area contributed by atoms with Crippen LogP contribution in [0.1, 0.15) is 18.1 Å². The number of ether oxygens (including phenoxy) is 1. The van der Waals surface area contributed by atoms with Gasteiger partial charge in [0, 0.05) is 30.6 Å². The number of carbonyl (C=O) groups excluding carboxylic acids is 1. The van der Waals surface area contributed by atoms with Gasteiger partial charge in [-0.15, -0.1) is 0 Å². The maximum Gasteiger partial charge on any atom is 0.242 e. The number of amides is 1. The maximum atomic E-state index is 12.6. The molecule has 0 radical (unpaired) electrons. The lowest BCUT2D eigenvalue weighted by Gasteiger charge is -2.35. The quantitative estimate of drug-likeness (QED) is 0.760. The van der Waals surface area contributed by atoms with Crippen molar-refractivity contribution < 1.29 is 9.53 Å². The second-order valence-corrected chi connectivity index (χ2v) is 7.70. The molecular formula is C22H24N4O2. The molecule has 3 aromatic rings. The fourth-order valence-electron chi connectivity index (χ4n) is 4.41. The summed E-state index contributed by atoms with van der Waals surface area (Å²) in [6, 6.07) is 18.9. The summed E-state index contributed by atoms with van der Waals surface area (Å²) in [5.41, 5.74) is 2.21. The average molecular weight is 376 g/mol. The van der Waals surface area contributed by atoms with Gasteiger partial charge in [-0.1, -0.05) is 48.5 Å². The summed E-state index contributed by atoms with van der Waals surface area (Å²) in [7, 11) is 0. The SMILES string of the molecule is O=C(Cn1ncc2ccccc21)N[C@H]1C[C@H]2CO[C@@H](c3ccccc3)CN2C1. The molecule has 2 aliphatic heterocycles. The molecule has 0 aliphatic carbocycles. The summed E-state index contributed by atoms with van der Waals surface area (Å²) < 4.78 is 7.86. The van der Waals surface area contributed by atoms with Crippen LogP contribution in [0.4, 0.5) is 0 Å². The van der Waals surface area contributed by atoms with Crippen molar-refractivity contribution >= 4 is 16.8 Å². The third-order valence-electron chi connectivity index (χ3n) is 5.80. The zero-order chi connectivity index (χ0) is 18.9. The van der Waals surface area contributed by atoms with Gasteiger partial charge in [-0.2, -0.15) is 5.10 Å². The fourth-order valence-corrected chi connectivity index (χ4v) is 4.41. The number of carbonyl (C=O) groups is 1. The number of morpholine rings is 1. The van der Waals surface area contributed by atoms with Crippen LogP contribution >= 0.6 is 0 Å². The smallest absolute Gasteiger partial charge is 0.242 e. The standard InChI is InChI=1S/C22H24N4O2/c27-22(14-26-20-9-5-4-8-17(20)11-23-26)24-18-10-19-15-28-21(13-25(19)12-18)16-6-2-1-3-7-16/h1-9,11,18-19,21H,10,12-15H2,(H,24,27)/t18-,19-,21+/m0/s1. The molecule has 144 valence electrons. The first-order valence-electron chi connectivity index (χ1n) is 9.87. The molecule has 3 heterocycles. The molecule has 1 amide bonds. The second kappa shape index (κ2) is 7.37. The van der Waals surface area contributed by atoms with E-state index in [2.05, 4.69) is 39.6 Å². The highest BCUT2D eigenvalue weighted by atomic mass is 16.5. The van der Waals surface area contributed by atoms with E-state index < -0.39 is 0 Å². The number of hydrogen-bond donors (Lipinski definition) is 1. The Labute approximate surface area is 164 Å². The van der Waals surface area contributed by atoms with Crippen molar-refractivity contribution in [2.75, 3.05) is 19.7 Å². The number of nitrogens with zero attached hydrogens (tertiary/aromatic N) is 3. The van der Waals surface area contributed by atoms with Crippen molar-refractivity contribution in [3.63, 3.8) is 0 Å². The molecule has 0 saturated carbocycles. The van der Waals surface area contributed by atoms with Crippen LogP contribution in [0, 0.1) is 0 Å². The third-order valence-corrected chi connectivity index (χ3v) is 5.80. The molecule has 1 N–H and O–H groups in total. The van der Waals surface area contributed by atoms with E-state index in [1.54, 1.807) is 10.9 Å². The van der Waals surface area contributed by atoms with Crippen LogP contribution in [0.5, 0.6) is 0 Å². The second-order valence-electron chi connectivity index (χ2n) is 7.70. The van der Waals surface area contributed by atoms with Crippen molar-refractivity contribution in [3.05, 3.63) is 66.4 Å². The third kappa shape index (κ3) is 3.41. The molecule has 0 spiro atoms. The lowest BCUT2D eigenvalue weighted by molar-refractivity contribution is -0.122. The number of rotatable bonds is 4. The minimum Gasteiger partial charge on any atom is -0.371 e. The fraction of sp³-hybridized carbons (Fsp3) is 0.364. The van der Waals surface area contributed by atoms with E-state index >= 15 is 0 Å². The highest BCUT2D eigenvalue weighted by Gasteiger charge is 2.38. The summed E-state index contributed by atoms with van der Waals surface area (Å²) in [4.78, 5) is 15.0. The molecule has 6 nitrogen and oxygen atoms in total. The Bertz CT molecular complexity index is 971. The van der Waals surface area contributed by atoms with Crippen LogP contribution in [0.15, 0.2) is 60.8 Å². The van der Waals surface area contributed by atoms with E-state index in [1.165, 1.54) is 5.56 Å². The lowest BCUT2D eigenvalue weighted by Crippen LogP contribution is -2.43. The first kappa shape index (κ1) is 17.4. The predicted molar refractivity (Wildman–Crippen MR) is 107 cm³/mol. The number of para-hydroxylation sites is 1. The van der Waals surface area contributed by atoms with E-state index in [-0.39, 0.29) is 24.6 Å². The number of benzene rings is 2. The lowest BCUT2D eigenvalue weighted by atomic mass is 10.1. The van der Waals surface area contributed by atoms with Crippen LogP contribution < -0.4 is 5.32 Å². The Morgan fingerprint density at radius 2 is 1.93 bits per heavy atom. The Balaban J connectivity index is 1.19. The first-order chi connectivity index (χ1) is 13.8. The molecular weight excluding hydrogens is 352 g/mol. The molecule has 5 rings (SSSR count). The van der Waals surface area contributed by atoms with Gasteiger partial charge in [0.1, 0.15) is 6.54 Å². The van der Waals surface area contributed by atoms with Crippen LogP contribution in [-0.4, -0.2) is 52.4 Å². The zero-order valence-corrected chi connectivity index (χ0v) is 15.7. The minimum absolute atomic E-state index is 0.0132. The Kier molecular flexibility index (Phi) is 4.58. The molecule has 28 heavy (non-hydrogen) atoms. The summed E-state index contributed by atoms with van der Waals surface area (Å²) in [5.74, 6) is 0.0132. The van der Waals surface area contributed by atoms with E-state index in [9.17, 15) is 4.79 Å². The van der Waals surface area contributed by atoms with Gasteiger partial charge in [-0.25, -0.2) is 0 Å². The van der Waals surface area contributed by atoms with E-state index in [1.807, 2.05) is 30.3 Å². The van der Waals surface area contributed by atoms with Gasteiger partial charge >= 0.3 is 0 Å². The number of hydrogen-bond acceptors (Lipinski definition) is 4. The highest BCUT2D eigenvalue weighted by Crippen LogP contribution is 2.30. The van der Waals surface area contributed by atoms with Crippen molar-refractivity contribution in [2.45, 2.75) is 31.2 Å². The van der Waals surface area contributed by atoms with Crippen molar-refractivity contribution in [1.29, 1.82) is 0 Å². The largest absolute Gasteiger partial charge is 0.371 e. The van der Waals surface area contributed by atoms with Gasteiger partial charge in [-0.05, 0) is 18.1 Å². The normalized spacial score (nSPS) is 24.9. The summed E-state index contributed by atoms with van der Waals surface area (Å²) in [6.45, 7) is 2.72. The van der Waals surface area contributed by atoms with E-state index in [0.717, 1.165) is 37.0 Å². The molecule has 2 saturated heterocycles. The Morgan fingerprint density at radius 3 is 2.82 bits per heavy atom. The molecule has 2 aromatic carbocycles. The van der Waals surface area contributed by atoms with Crippen molar-refractivity contribution in [2.24, 2.45) is 0 Å².